The van der Waals surface area contributed by atoms with E-state index in [1.165, 1.54) is 23.9 Å². The third kappa shape index (κ3) is 2.41. The van der Waals surface area contributed by atoms with Gasteiger partial charge in [-0.1, -0.05) is 23.4 Å². The summed E-state index contributed by atoms with van der Waals surface area (Å²) in [6.45, 7) is 0. The van der Waals surface area contributed by atoms with Gasteiger partial charge in [0, 0.05) is 12.1 Å². The number of carbonyl (C=O) groups excluding carboxylic acids is 1. The molecule has 1 aromatic carbocycles. The first-order chi connectivity index (χ1) is 9.52. The zero-order valence-electron chi connectivity index (χ0n) is 9.80. The average molecular weight is 312 g/mol. The molecule has 0 spiro atoms. The number of aliphatic imine (C=N–C) groups is 2. The second-order valence-electron chi connectivity index (χ2n) is 4.05. The Kier molecular flexibility index (Phi) is 3.23. The fraction of sp³-hybridized carbons (Fsp3) is 0.0833. The van der Waals surface area contributed by atoms with Crippen LogP contribution in [0.4, 0.5) is 10.1 Å². The molecule has 2 N–H and O–H groups in total. The molecule has 0 saturated heterocycles. The summed E-state index contributed by atoms with van der Waals surface area (Å²) < 4.78 is 13.3. The molecule has 0 radical (unpaired) electrons. The van der Waals surface area contributed by atoms with Crippen LogP contribution in [0.5, 0.6) is 0 Å². The summed E-state index contributed by atoms with van der Waals surface area (Å²) >= 11 is 6.76. The van der Waals surface area contributed by atoms with Crippen LogP contribution in [0.1, 0.15) is 0 Å². The lowest BCUT2D eigenvalue weighted by Gasteiger charge is -2.15. The maximum atomic E-state index is 13.3. The largest absolute Gasteiger partial charge is 0.510 e. The molecule has 1 aromatic rings. The molecule has 0 saturated carbocycles. The number of aliphatic hydroxyl groups is 1. The Morgan fingerprint density at radius 1 is 1.50 bits per heavy atom. The molecule has 1 unspecified atom stereocenters. The number of thioether (sulfide) groups is 1. The smallest absolute Gasteiger partial charge is 0.252 e. The van der Waals surface area contributed by atoms with Crippen molar-refractivity contribution in [3.8, 4) is 0 Å². The molecule has 0 aromatic heterocycles. The summed E-state index contributed by atoms with van der Waals surface area (Å²) in [5.41, 5.74) is 0.354. The van der Waals surface area contributed by atoms with E-state index in [0.717, 1.165) is 6.08 Å². The Morgan fingerprint density at radius 3 is 3.05 bits per heavy atom. The van der Waals surface area contributed by atoms with Gasteiger partial charge in [0.05, 0.1) is 10.7 Å². The molecule has 0 fully saturated rings. The normalized spacial score (nSPS) is 23.2. The Morgan fingerprint density at radius 2 is 2.30 bits per heavy atom. The van der Waals surface area contributed by atoms with Gasteiger partial charge in [-0.3, -0.25) is 4.79 Å². The number of nitrogens with zero attached hydrogens (tertiary/aromatic N) is 2. The van der Waals surface area contributed by atoms with Gasteiger partial charge in [0.1, 0.15) is 22.7 Å². The lowest BCUT2D eigenvalue weighted by Crippen LogP contribution is -2.40. The Labute approximate surface area is 122 Å². The molecule has 2 aliphatic rings. The van der Waals surface area contributed by atoms with Gasteiger partial charge in [-0.2, -0.15) is 0 Å². The zero-order chi connectivity index (χ0) is 14.3. The molecule has 8 heteroatoms. The van der Waals surface area contributed by atoms with Crippen LogP contribution in [0.25, 0.3) is 0 Å². The number of aliphatic hydroxyl groups excluding tert-OH is 1. The van der Waals surface area contributed by atoms with E-state index >= 15 is 0 Å². The van der Waals surface area contributed by atoms with Crippen LogP contribution >= 0.6 is 23.4 Å². The van der Waals surface area contributed by atoms with E-state index in [0.29, 0.717) is 16.7 Å². The van der Waals surface area contributed by atoms with Gasteiger partial charge < -0.3 is 10.4 Å². The fourth-order valence-corrected chi connectivity index (χ4v) is 2.78. The molecule has 20 heavy (non-hydrogen) atoms. The first kappa shape index (κ1) is 13.1. The number of hydrogen-bond donors (Lipinski definition) is 2. The van der Waals surface area contributed by atoms with Crippen LogP contribution in [-0.4, -0.2) is 27.3 Å². The number of benzene rings is 1. The van der Waals surface area contributed by atoms with Crippen molar-refractivity contribution in [1.29, 1.82) is 0 Å². The summed E-state index contributed by atoms with van der Waals surface area (Å²) in [6.07, 6.45) is 1.10. The highest BCUT2D eigenvalue weighted by atomic mass is 35.5. The predicted molar refractivity (Wildman–Crippen MR) is 76.2 cm³/mol. The van der Waals surface area contributed by atoms with Crippen LogP contribution in [0.15, 0.2) is 40.0 Å². The number of hydrogen-bond acceptors (Lipinski definition) is 4. The zero-order valence-corrected chi connectivity index (χ0v) is 11.4. The minimum absolute atomic E-state index is 0.0147. The highest BCUT2D eigenvalue weighted by Gasteiger charge is 2.34. The van der Waals surface area contributed by atoms with E-state index in [1.807, 2.05) is 0 Å². The monoisotopic (exact) mass is 311 g/mol. The standard InChI is InChI=1S/C12H7ClFN3O2S/c13-6-2-1-5(3-7(6)14)15-12-17-11-10(20-12)8(18)4-9(19)16-11/h1-4,10,18H,(H,15,16,17,19). The van der Waals surface area contributed by atoms with Gasteiger partial charge in [0.15, 0.2) is 5.17 Å². The van der Waals surface area contributed by atoms with Crippen molar-refractivity contribution in [3.63, 3.8) is 0 Å². The second-order valence-corrected chi connectivity index (χ2v) is 5.53. The maximum Gasteiger partial charge on any atom is 0.252 e. The topological polar surface area (TPSA) is 74.0 Å². The number of amidine groups is 2. The summed E-state index contributed by atoms with van der Waals surface area (Å²) in [6, 6.07) is 4.14. The molecule has 1 amide bonds. The highest BCUT2D eigenvalue weighted by Crippen LogP contribution is 2.31. The van der Waals surface area contributed by atoms with Crippen LogP contribution in [0.2, 0.25) is 5.02 Å². The van der Waals surface area contributed by atoms with Gasteiger partial charge in [-0.15, -0.1) is 0 Å². The van der Waals surface area contributed by atoms with E-state index in [2.05, 4.69) is 15.3 Å². The summed E-state index contributed by atoms with van der Waals surface area (Å²) in [7, 11) is 0. The van der Waals surface area contributed by atoms with Gasteiger partial charge in [-0.05, 0) is 12.1 Å². The number of nitrogens with one attached hydrogen (secondary N) is 1. The highest BCUT2D eigenvalue weighted by molar-refractivity contribution is 8.15. The van der Waals surface area contributed by atoms with Crippen molar-refractivity contribution in [3.05, 3.63) is 40.9 Å². The number of carbonyl (C=O) groups is 1. The van der Waals surface area contributed by atoms with E-state index < -0.39 is 17.0 Å². The van der Waals surface area contributed by atoms with Gasteiger partial charge in [0.2, 0.25) is 0 Å². The number of rotatable bonds is 1. The van der Waals surface area contributed by atoms with Crippen LogP contribution in [0.3, 0.4) is 0 Å². The van der Waals surface area contributed by atoms with Gasteiger partial charge in [0.25, 0.3) is 5.91 Å². The first-order valence-electron chi connectivity index (χ1n) is 5.53. The molecular weight excluding hydrogens is 305 g/mol. The van der Waals surface area contributed by atoms with E-state index in [-0.39, 0.29) is 10.8 Å². The molecule has 1 atom stereocenters. The van der Waals surface area contributed by atoms with Crippen molar-refractivity contribution in [2.24, 2.45) is 9.98 Å². The van der Waals surface area contributed by atoms with Crippen LogP contribution < -0.4 is 5.32 Å². The second kappa shape index (κ2) is 4.92. The number of fused-ring (bicyclic) bond motifs is 1. The maximum absolute atomic E-state index is 13.3. The van der Waals surface area contributed by atoms with Crippen molar-refractivity contribution >= 4 is 46.0 Å². The molecule has 2 aliphatic heterocycles. The quantitative estimate of drug-likeness (QED) is 0.837. The van der Waals surface area contributed by atoms with Crippen LogP contribution in [0, 0.1) is 5.82 Å². The molecule has 5 nitrogen and oxygen atoms in total. The molecular formula is C12H7ClFN3O2S. The molecule has 0 bridgehead atoms. The SMILES string of the molecule is O=C1C=C(O)C2SC(=Nc3ccc(Cl)c(F)c3)N=C2N1. The number of halogens is 2. The van der Waals surface area contributed by atoms with E-state index in [4.69, 9.17) is 11.6 Å². The third-order valence-corrected chi connectivity index (χ3v) is 4.01. The summed E-state index contributed by atoms with van der Waals surface area (Å²) in [5, 5.41) is 12.1. The van der Waals surface area contributed by atoms with Crippen LogP contribution in [-0.2, 0) is 4.79 Å². The summed E-state index contributed by atoms with van der Waals surface area (Å²) in [5.74, 6) is -0.757. The molecule has 3 rings (SSSR count). The van der Waals surface area contributed by atoms with E-state index in [9.17, 15) is 14.3 Å². The minimum atomic E-state index is -0.572. The third-order valence-electron chi connectivity index (χ3n) is 2.61. The Bertz CT molecular complexity index is 702. The van der Waals surface area contributed by atoms with Crippen molar-refractivity contribution in [2.45, 2.75) is 5.25 Å². The average Bonchev–Trinajstić information content (AvgIpc) is 2.76. The van der Waals surface area contributed by atoms with Gasteiger partial charge >= 0.3 is 0 Å². The molecule has 0 aliphatic carbocycles. The Balaban J connectivity index is 1.90. The minimum Gasteiger partial charge on any atom is -0.510 e. The van der Waals surface area contributed by atoms with Crippen molar-refractivity contribution < 1.29 is 14.3 Å². The summed E-state index contributed by atoms with van der Waals surface area (Å²) in [4.78, 5) is 19.5. The fourth-order valence-electron chi connectivity index (χ4n) is 1.73. The Hall–Kier alpha value is -1.86. The predicted octanol–water partition coefficient (Wildman–Crippen LogP) is 2.55. The lowest BCUT2D eigenvalue weighted by molar-refractivity contribution is -0.115. The lowest BCUT2D eigenvalue weighted by atomic mass is 10.2. The van der Waals surface area contributed by atoms with E-state index in [1.54, 1.807) is 6.07 Å². The molecule has 2 heterocycles. The van der Waals surface area contributed by atoms with Gasteiger partial charge in [-0.25, -0.2) is 14.4 Å². The first-order valence-corrected chi connectivity index (χ1v) is 6.79. The van der Waals surface area contributed by atoms with Crippen molar-refractivity contribution in [2.75, 3.05) is 0 Å². The molecule has 102 valence electrons. The number of amides is 1. The van der Waals surface area contributed by atoms with Crippen molar-refractivity contribution in [1.82, 2.24) is 5.32 Å².